The quantitative estimate of drug-likeness (QED) is 0.762. The molecule has 1 atom stereocenters. The Morgan fingerprint density at radius 2 is 1.88 bits per heavy atom. The summed E-state index contributed by atoms with van der Waals surface area (Å²) in [4.78, 5) is 22.6. The minimum atomic E-state index is -1.78. The summed E-state index contributed by atoms with van der Waals surface area (Å²) in [6, 6.07) is 8.93. The third kappa shape index (κ3) is 2.28. The first-order valence-electron chi connectivity index (χ1n) is 4.86. The van der Waals surface area contributed by atoms with Crippen LogP contribution in [-0.4, -0.2) is 29.6 Å². The lowest BCUT2D eigenvalue weighted by molar-refractivity contribution is -0.167. The Kier molecular flexibility index (Phi) is 3.79. The molecule has 0 saturated carbocycles. The standard InChI is InChI=1S/C12H14O4/c1-9(13)12(16-2,11(14)15)8-10-6-4-3-5-7-10/h3-7H,8H2,1-2H3,(H,14,15). The highest BCUT2D eigenvalue weighted by Crippen LogP contribution is 2.19. The Balaban J connectivity index is 3.04. The smallest absolute Gasteiger partial charge is 0.344 e. The van der Waals surface area contributed by atoms with E-state index in [1.165, 1.54) is 14.0 Å². The second-order valence-electron chi connectivity index (χ2n) is 3.55. The molecule has 16 heavy (non-hydrogen) atoms. The van der Waals surface area contributed by atoms with Crippen molar-refractivity contribution in [1.29, 1.82) is 0 Å². The molecule has 1 N–H and O–H groups in total. The van der Waals surface area contributed by atoms with Crippen LogP contribution in [0.3, 0.4) is 0 Å². The van der Waals surface area contributed by atoms with E-state index in [-0.39, 0.29) is 6.42 Å². The number of Topliss-reactive ketones (excluding diaryl/α,β-unsaturated/α-hetero) is 1. The number of rotatable bonds is 5. The summed E-state index contributed by atoms with van der Waals surface area (Å²) < 4.78 is 4.92. The zero-order valence-electron chi connectivity index (χ0n) is 9.27. The number of aliphatic carboxylic acids is 1. The van der Waals surface area contributed by atoms with Gasteiger partial charge in [-0.2, -0.15) is 0 Å². The van der Waals surface area contributed by atoms with Crippen molar-refractivity contribution >= 4 is 11.8 Å². The molecule has 0 aliphatic carbocycles. The van der Waals surface area contributed by atoms with E-state index < -0.39 is 17.4 Å². The van der Waals surface area contributed by atoms with E-state index in [9.17, 15) is 9.59 Å². The summed E-state index contributed by atoms with van der Waals surface area (Å²) in [5, 5.41) is 9.11. The fraction of sp³-hybridized carbons (Fsp3) is 0.333. The first kappa shape index (κ1) is 12.4. The molecule has 4 heteroatoms. The monoisotopic (exact) mass is 222 g/mol. The van der Waals surface area contributed by atoms with Crippen LogP contribution in [0.4, 0.5) is 0 Å². The van der Waals surface area contributed by atoms with Gasteiger partial charge in [0.05, 0.1) is 0 Å². The van der Waals surface area contributed by atoms with Crippen molar-refractivity contribution in [1.82, 2.24) is 0 Å². The number of carbonyl (C=O) groups is 2. The van der Waals surface area contributed by atoms with Crippen molar-refractivity contribution in [2.75, 3.05) is 7.11 Å². The van der Waals surface area contributed by atoms with Gasteiger partial charge in [0.1, 0.15) is 0 Å². The molecule has 4 nitrogen and oxygen atoms in total. The van der Waals surface area contributed by atoms with Gasteiger partial charge in [-0.15, -0.1) is 0 Å². The fourth-order valence-electron chi connectivity index (χ4n) is 1.54. The normalized spacial score (nSPS) is 14.1. The molecule has 0 fully saturated rings. The summed E-state index contributed by atoms with van der Waals surface area (Å²) in [5.74, 6) is -1.77. The minimum Gasteiger partial charge on any atom is -0.479 e. The molecular weight excluding hydrogens is 208 g/mol. The van der Waals surface area contributed by atoms with Crippen molar-refractivity contribution in [3.63, 3.8) is 0 Å². The maximum atomic E-state index is 11.4. The lowest BCUT2D eigenvalue weighted by Crippen LogP contribution is -2.49. The number of carboxylic acid groups (broad SMARTS) is 1. The molecule has 0 aliphatic heterocycles. The molecule has 0 radical (unpaired) electrons. The van der Waals surface area contributed by atoms with Crippen LogP contribution in [-0.2, 0) is 20.7 Å². The van der Waals surface area contributed by atoms with E-state index in [2.05, 4.69) is 0 Å². The molecule has 0 aliphatic rings. The van der Waals surface area contributed by atoms with Gasteiger partial charge in [0, 0.05) is 13.5 Å². The number of hydrogen-bond acceptors (Lipinski definition) is 3. The topological polar surface area (TPSA) is 63.6 Å². The van der Waals surface area contributed by atoms with E-state index in [1.54, 1.807) is 24.3 Å². The van der Waals surface area contributed by atoms with Crippen molar-refractivity contribution in [3.05, 3.63) is 35.9 Å². The number of benzene rings is 1. The molecular formula is C12H14O4. The van der Waals surface area contributed by atoms with Crippen molar-refractivity contribution < 1.29 is 19.4 Å². The van der Waals surface area contributed by atoms with Crippen LogP contribution in [0.25, 0.3) is 0 Å². The van der Waals surface area contributed by atoms with Crippen LogP contribution in [0.2, 0.25) is 0 Å². The summed E-state index contributed by atoms with van der Waals surface area (Å²) >= 11 is 0. The highest BCUT2D eigenvalue weighted by atomic mass is 16.5. The van der Waals surface area contributed by atoms with E-state index >= 15 is 0 Å². The van der Waals surface area contributed by atoms with Crippen LogP contribution in [0, 0.1) is 0 Å². The average Bonchev–Trinajstić information content (AvgIpc) is 2.26. The van der Waals surface area contributed by atoms with Gasteiger partial charge in [0.15, 0.2) is 5.78 Å². The SMILES string of the molecule is COC(Cc1ccccc1)(C(C)=O)C(=O)O. The number of ketones is 1. The molecule has 0 heterocycles. The Hall–Kier alpha value is -1.68. The third-order valence-electron chi connectivity index (χ3n) is 2.56. The number of carboxylic acids is 1. The Bertz CT molecular complexity index is 369. The number of methoxy groups -OCH3 is 1. The van der Waals surface area contributed by atoms with Gasteiger partial charge in [-0.05, 0) is 12.5 Å². The zero-order valence-corrected chi connectivity index (χ0v) is 9.27. The van der Waals surface area contributed by atoms with Crippen LogP contribution in [0.15, 0.2) is 30.3 Å². The van der Waals surface area contributed by atoms with Crippen LogP contribution >= 0.6 is 0 Å². The maximum absolute atomic E-state index is 11.4. The second-order valence-corrected chi connectivity index (χ2v) is 3.55. The number of ether oxygens (including phenoxy) is 1. The van der Waals surface area contributed by atoms with Gasteiger partial charge in [-0.3, -0.25) is 4.79 Å². The van der Waals surface area contributed by atoms with Gasteiger partial charge in [0.2, 0.25) is 5.60 Å². The predicted molar refractivity (Wildman–Crippen MR) is 58.2 cm³/mol. The summed E-state index contributed by atoms with van der Waals surface area (Å²) in [7, 11) is 1.23. The molecule has 0 bridgehead atoms. The van der Waals surface area contributed by atoms with E-state index in [0.717, 1.165) is 5.56 Å². The minimum absolute atomic E-state index is 0.0367. The van der Waals surface area contributed by atoms with Gasteiger partial charge < -0.3 is 9.84 Å². The van der Waals surface area contributed by atoms with Gasteiger partial charge >= 0.3 is 5.97 Å². The Labute approximate surface area is 93.9 Å². The lowest BCUT2D eigenvalue weighted by atomic mass is 9.91. The highest BCUT2D eigenvalue weighted by molar-refractivity contribution is 6.05. The maximum Gasteiger partial charge on any atom is 0.344 e. The molecule has 1 unspecified atom stereocenters. The van der Waals surface area contributed by atoms with Crippen molar-refractivity contribution in [2.45, 2.75) is 18.9 Å². The second kappa shape index (κ2) is 4.90. The third-order valence-corrected chi connectivity index (χ3v) is 2.56. The molecule has 0 saturated heterocycles. The molecule has 1 rings (SSSR count). The van der Waals surface area contributed by atoms with Gasteiger partial charge in [-0.1, -0.05) is 30.3 Å². The molecule has 86 valence electrons. The first-order valence-corrected chi connectivity index (χ1v) is 4.86. The summed E-state index contributed by atoms with van der Waals surface area (Å²) in [5.41, 5.74) is -1.02. The largest absolute Gasteiger partial charge is 0.479 e. The number of carbonyl (C=O) groups excluding carboxylic acids is 1. The first-order chi connectivity index (χ1) is 7.53. The fourth-order valence-corrected chi connectivity index (χ4v) is 1.54. The summed E-state index contributed by atoms with van der Waals surface area (Å²) in [6.07, 6.45) is 0.0367. The zero-order chi connectivity index (χ0) is 12.2. The van der Waals surface area contributed by atoms with Gasteiger partial charge in [-0.25, -0.2) is 4.79 Å². The van der Waals surface area contributed by atoms with E-state index in [0.29, 0.717) is 0 Å². The average molecular weight is 222 g/mol. The van der Waals surface area contributed by atoms with Crippen molar-refractivity contribution in [3.8, 4) is 0 Å². The van der Waals surface area contributed by atoms with E-state index in [1.807, 2.05) is 6.07 Å². The van der Waals surface area contributed by atoms with Crippen LogP contribution in [0.5, 0.6) is 0 Å². The number of hydrogen-bond donors (Lipinski definition) is 1. The lowest BCUT2D eigenvalue weighted by Gasteiger charge is -2.24. The van der Waals surface area contributed by atoms with Gasteiger partial charge in [0.25, 0.3) is 0 Å². The molecule has 0 amide bonds. The molecule has 1 aromatic rings. The molecule has 0 spiro atoms. The Morgan fingerprint density at radius 3 is 2.25 bits per heavy atom. The summed E-state index contributed by atoms with van der Waals surface area (Å²) in [6.45, 7) is 1.22. The molecule has 0 aromatic heterocycles. The molecule has 1 aromatic carbocycles. The highest BCUT2D eigenvalue weighted by Gasteiger charge is 2.43. The Morgan fingerprint density at radius 1 is 1.31 bits per heavy atom. The predicted octanol–water partition coefficient (Wildman–Crippen LogP) is 1.29. The van der Waals surface area contributed by atoms with Crippen LogP contribution in [0.1, 0.15) is 12.5 Å². The van der Waals surface area contributed by atoms with Crippen LogP contribution < -0.4 is 0 Å². The van der Waals surface area contributed by atoms with E-state index in [4.69, 9.17) is 9.84 Å². The van der Waals surface area contributed by atoms with Crippen molar-refractivity contribution in [2.24, 2.45) is 0 Å².